The van der Waals surface area contributed by atoms with Gasteiger partial charge >= 0.3 is 6.03 Å². The molecule has 0 bridgehead atoms. The number of carbonyl (C=O) groups is 1. The summed E-state index contributed by atoms with van der Waals surface area (Å²) >= 11 is 11.9. The molecular weight excluding hydrogens is 321 g/mol. The van der Waals surface area contributed by atoms with Crippen LogP contribution in [-0.2, 0) is 0 Å². The molecular formula is C16H13Cl2N3O. The van der Waals surface area contributed by atoms with E-state index < -0.39 is 12.1 Å². The highest BCUT2D eigenvalue weighted by atomic mass is 35.5. The van der Waals surface area contributed by atoms with Crippen LogP contribution in [0.4, 0.5) is 10.5 Å². The van der Waals surface area contributed by atoms with Crippen LogP contribution in [0.1, 0.15) is 18.0 Å². The molecule has 0 fully saturated rings. The lowest BCUT2D eigenvalue weighted by molar-refractivity contribution is 0.248. The fraction of sp³-hybridized carbons (Fsp3) is 0.125. The molecule has 0 aliphatic rings. The Morgan fingerprint density at radius 3 is 2.59 bits per heavy atom. The highest BCUT2D eigenvalue weighted by molar-refractivity contribution is 6.35. The van der Waals surface area contributed by atoms with Crippen LogP contribution in [0.25, 0.3) is 0 Å². The molecule has 22 heavy (non-hydrogen) atoms. The summed E-state index contributed by atoms with van der Waals surface area (Å²) in [5, 5.41) is 15.2. The lowest BCUT2D eigenvalue weighted by Crippen LogP contribution is -2.32. The molecule has 0 radical (unpaired) electrons. The van der Waals surface area contributed by atoms with Gasteiger partial charge in [0.15, 0.2) is 0 Å². The molecule has 0 unspecified atom stereocenters. The highest BCUT2D eigenvalue weighted by Gasteiger charge is 2.15. The second kappa shape index (κ2) is 7.69. The highest BCUT2D eigenvalue weighted by Crippen LogP contribution is 2.25. The van der Waals surface area contributed by atoms with Gasteiger partial charge in [0.25, 0.3) is 0 Å². The van der Waals surface area contributed by atoms with E-state index in [0.717, 1.165) is 5.56 Å². The Hall–Kier alpha value is -2.22. The van der Waals surface area contributed by atoms with E-state index in [-0.39, 0.29) is 6.42 Å². The third kappa shape index (κ3) is 4.39. The number of nitriles is 1. The first-order chi connectivity index (χ1) is 10.6. The number of anilines is 1. The molecule has 112 valence electrons. The van der Waals surface area contributed by atoms with Crippen LogP contribution in [-0.4, -0.2) is 6.03 Å². The summed E-state index contributed by atoms with van der Waals surface area (Å²) in [7, 11) is 0. The minimum absolute atomic E-state index is 0.167. The van der Waals surface area contributed by atoms with Crippen LogP contribution in [0.15, 0.2) is 48.5 Å². The molecule has 0 aliphatic carbocycles. The van der Waals surface area contributed by atoms with Gasteiger partial charge in [-0.25, -0.2) is 4.79 Å². The maximum absolute atomic E-state index is 12.1. The topological polar surface area (TPSA) is 64.9 Å². The second-order valence-corrected chi connectivity index (χ2v) is 5.39. The van der Waals surface area contributed by atoms with Crippen molar-refractivity contribution in [1.82, 2.24) is 5.32 Å². The number of carbonyl (C=O) groups excluding carboxylic acids is 1. The second-order valence-electron chi connectivity index (χ2n) is 4.55. The molecule has 1 atom stereocenters. The van der Waals surface area contributed by atoms with Gasteiger partial charge in [-0.3, -0.25) is 0 Å². The van der Waals surface area contributed by atoms with Gasteiger partial charge in [0.2, 0.25) is 0 Å². The minimum atomic E-state index is -0.451. The Kier molecular flexibility index (Phi) is 5.65. The van der Waals surface area contributed by atoms with Crippen LogP contribution in [0.3, 0.4) is 0 Å². The summed E-state index contributed by atoms with van der Waals surface area (Å²) in [4.78, 5) is 12.1. The number of halogens is 2. The number of hydrogen-bond donors (Lipinski definition) is 2. The van der Waals surface area contributed by atoms with E-state index in [2.05, 4.69) is 16.7 Å². The molecule has 0 aliphatic heterocycles. The first kappa shape index (κ1) is 16.2. The summed E-state index contributed by atoms with van der Waals surface area (Å²) < 4.78 is 0. The van der Waals surface area contributed by atoms with E-state index in [9.17, 15) is 4.79 Å². The number of rotatable bonds is 4. The fourth-order valence-electron chi connectivity index (χ4n) is 1.94. The third-order valence-electron chi connectivity index (χ3n) is 2.98. The van der Waals surface area contributed by atoms with Crippen molar-refractivity contribution >= 4 is 34.9 Å². The molecule has 2 aromatic rings. The molecule has 4 nitrogen and oxygen atoms in total. The molecule has 0 saturated heterocycles. The lowest BCUT2D eigenvalue weighted by atomic mass is 10.0. The Morgan fingerprint density at radius 1 is 1.18 bits per heavy atom. The van der Waals surface area contributed by atoms with Gasteiger partial charge < -0.3 is 10.6 Å². The molecule has 2 rings (SSSR count). The van der Waals surface area contributed by atoms with E-state index in [4.69, 9.17) is 28.5 Å². The molecule has 2 aromatic carbocycles. The van der Waals surface area contributed by atoms with E-state index in [1.807, 2.05) is 30.3 Å². The van der Waals surface area contributed by atoms with Gasteiger partial charge in [0.05, 0.1) is 29.2 Å². The smallest absolute Gasteiger partial charge is 0.319 e. The summed E-state index contributed by atoms with van der Waals surface area (Å²) in [6.07, 6.45) is 0.167. The predicted octanol–water partition coefficient (Wildman–Crippen LogP) is 4.77. The normalized spacial score (nSPS) is 11.3. The Balaban J connectivity index is 2.09. The average Bonchev–Trinajstić information content (AvgIpc) is 2.51. The zero-order valence-electron chi connectivity index (χ0n) is 11.5. The van der Waals surface area contributed by atoms with Crippen LogP contribution in [0.5, 0.6) is 0 Å². The molecule has 0 saturated carbocycles. The quantitative estimate of drug-likeness (QED) is 0.846. The van der Waals surface area contributed by atoms with Crippen molar-refractivity contribution in [2.45, 2.75) is 12.5 Å². The maximum atomic E-state index is 12.1. The first-order valence-electron chi connectivity index (χ1n) is 6.54. The summed E-state index contributed by atoms with van der Waals surface area (Å²) in [5.74, 6) is 0. The van der Waals surface area contributed by atoms with Crippen molar-refractivity contribution in [3.8, 4) is 6.07 Å². The monoisotopic (exact) mass is 333 g/mol. The Labute approximate surface area is 138 Å². The van der Waals surface area contributed by atoms with Crippen LogP contribution < -0.4 is 10.6 Å². The third-order valence-corrected chi connectivity index (χ3v) is 3.54. The van der Waals surface area contributed by atoms with Crippen LogP contribution >= 0.6 is 23.2 Å². The van der Waals surface area contributed by atoms with Gasteiger partial charge in [-0.2, -0.15) is 5.26 Å². The summed E-state index contributed by atoms with van der Waals surface area (Å²) in [6, 6.07) is 15.3. The number of urea groups is 1. The van der Waals surface area contributed by atoms with Crippen LogP contribution in [0.2, 0.25) is 10.0 Å². The van der Waals surface area contributed by atoms with Gasteiger partial charge in [-0.05, 0) is 23.8 Å². The molecule has 0 aromatic heterocycles. The molecule has 2 amide bonds. The van der Waals surface area contributed by atoms with Crippen molar-refractivity contribution in [2.24, 2.45) is 0 Å². The Morgan fingerprint density at radius 2 is 1.91 bits per heavy atom. The van der Waals surface area contributed by atoms with Gasteiger partial charge in [0, 0.05) is 5.02 Å². The van der Waals surface area contributed by atoms with E-state index in [0.29, 0.717) is 15.7 Å². The zero-order valence-corrected chi connectivity index (χ0v) is 13.0. The van der Waals surface area contributed by atoms with Gasteiger partial charge in [0.1, 0.15) is 0 Å². The number of nitrogens with zero attached hydrogens (tertiary/aromatic N) is 1. The zero-order chi connectivity index (χ0) is 15.9. The fourth-order valence-corrected chi connectivity index (χ4v) is 2.28. The van der Waals surface area contributed by atoms with Crippen LogP contribution in [0, 0.1) is 11.3 Å². The predicted molar refractivity (Wildman–Crippen MR) is 88.0 cm³/mol. The minimum Gasteiger partial charge on any atom is -0.330 e. The van der Waals surface area contributed by atoms with Crippen molar-refractivity contribution in [3.05, 3.63) is 64.1 Å². The van der Waals surface area contributed by atoms with Crippen molar-refractivity contribution in [2.75, 3.05) is 5.32 Å². The summed E-state index contributed by atoms with van der Waals surface area (Å²) in [5.41, 5.74) is 1.27. The van der Waals surface area contributed by atoms with Gasteiger partial charge in [-0.1, -0.05) is 53.5 Å². The molecule has 0 heterocycles. The maximum Gasteiger partial charge on any atom is 0.319 e. The largest absolute Gasteiger partial charge is 0.330 e. The first-order valence-corrected chi connectivity index (χ1v) is 7.30. The number of amides is 2. The summed E-state index contributed by atoms with van der Waals surface area (Å²) in [6.45, 7) is 0. The number of benzene rings is 2. The SMILES string of the molecule is N#CC[C@H](NC(=O)Nc1cc(Cl)ccc1Cl)c1ccccc1. The van der Waals surface area contributed by atoms with Gasteiger partial charge in [-0.15, -0.1) is 0 Å². The lowest BCUT2D eigenvalue weighted by Gasteiger charge is -2.17. The molecule has 6 heteroatoms. The van der Waals surface area contributed by atoms with Crippen molar-refractivity contribution in [3.63, 3.8) is 0 Å². The average molecular weight is 334 g/mol. The number of hydrogen-bond acceptors (Lipinski definition) is 2. The molecule has 2 N–H and O–H groups in total. The number of nitrogens with one attached hydrogen (secondary N) is 2. The standard InChI is InChI=1S/C16H13Cl2N3O/c17-12-6-7-13(18)15(10-12)21-16(22)20-14(8-9-19)11-4-2-1-3-5-11/h1-7,10,14H,8H2,(H2,20,21,22)/t14-/m0/s1. The Bertz CT molecular complexity index is 698. The van der Waals surface area contributed by atoms with E-state index >= 15 is 0 Å². The van der Waals surface area contributed by atoms with Crippen molar-refractivity contribution < 1.29 is 4.79 Å². The van der Waals surface area contributed by atoms with Crippen molar-refractivity contribution in [1.29, 1.82) is 5.26 Å². The van der Waals surface area contributed by atoms with E-state index in [1.165, 1.54) is 0 Å². The van der Waals surface area contributed by atoms with E-state index in [1.54, 1.807) is 18.2 Å². The molecule has 0 spiro atoms.